The Morgan fingerprint density at radius 3 is 2.19 bits per heavy atom. The summed E-state index contributed by atoms with van der Waals surface area (Å²) in [7, 11) is 0. The summed E-state index contributed by atoms with van der Waals surface area (Å²) in [4.78, 5) is 11.8. The van der Waals surface area contributed by atoms with E-state index in [0.717, 1.165) is 18.4 Å². The van der Waals surface area contributed by atoms with E-state index in [-0.39, 0.29) is 30.4 Å². The molecule has 0 fully saturated rings. The first-order valence-electron chi connectivity index (χ1n) is 7.52. The zero-order chi connectivity index (χ0) is 15.1. The van der Waals surface area contributed by atoms with Crippen LogP contribution in [0.15, 0.2) is 24.3 Å². The van der Waals surface area contributed by atoms with Gasteiger partial charge in [0.1, 0.15) is 0 Å². The number of rotatable bonds is 7. The highest BCUT2D eigenvalue weighted by molar-refractivity contribution is 5.85. The van der Waals surface area contributed by atoms with Crippen LogP contribution in [0.2, 0.25) is 0 Å². The highest BCUT2D eigenvalue weighted by Crippen LogP contribution is 2.15. The number of carbonyl (C=O) groups excluding carboxylic acids is 1. The predicted octanol–water partition coefficient (Wildman–Crippen LogP) is 3.61. The maximum Gasteiger partial charge on any atom is 0.220 e. The standard InChI is InChI=1S/C17H28N2O.ClH/c1-12(2)11-15-6-8-16(9-7-15)14(4)19-17(20)10-5-13(3)18;/h6-9,12-14H,5,10-11,18H2,1-4H3,(H,19,20);1H. The van der Waals surface area contributed by atoms with E-state index in [1.807, 2.05) is 13.8 Å². The van der Waals surface area contributed by atoms with Crippen LogP contribution in [-0.4, -0.2) is 11.9 Å². The lowest BCUT2D eigenvalue weighted by atomic mass is 10.00. The molecule has 1 aromatic carbocycles. The molecule has 0 spiro atoms. The van der Waals surface area contributed by atoms with Crippen LogP contribution in [0, 0.1) is 5.92 Å². The smallest absolute Gasteiger partial charge is 0.220 e. The Balaban J connectivity index is 0.00000400. The van der Waals surface area contributed by atoms with Crippen LogP contribution in [0.25, 0.3) is 0 Å². The number of halogens is 1. The number of nitrogens with one attached hydrogen (secondary N) is 1. The third kappa shape index (κ3) is 8.08. The SMILES string of the molecule is CC(C)Cc1ccc(C(C)NC(=O)CCC(C)N)cc1.Cl. The number of hydrogen-bond donors (Lipinski definition) is 2. The van der Waals surface area contributed by atoms with E-state index in [0.29, 0.717) is 12.3 Å². The average Bonchev–Trinajstić information content (AvgIpc) is 2.36. The number of amides is 1. The Bertz CT molecular complexity index is 415. The summed E-state index contributed by atoms with van der Waals surface area (Å²) >= 11 is 0. The Morgan fingerprint density at radius 2 is 1.71 bits per heavy atom. The molecule has 0 heterocycles. The lowest BCUT2D eigenvalue weighted by molar-refractivity contribution is -0.121. The number of nitrogens with two attached hydrogens (primary N) is 1. The second kappa shape index (κ2) is 9.80. The molecule has 0 bridgehead atoms. The first-order valence-corrected chi connectivity index (χ1v) is 7.52. The predicted molar refractivity (Wildman–Crippen MR) is 91.7 cm³/mol. The molecule has 0 aliphatic carbocycles. The summed E-state index contributed by atoms with van der Waals surface area (Å²) in [5, 5.41) is 3.02. The van der Waals surface area contributed by atoms with Crippen molar-refractivity contribution in [2.75, 3.05) is 0 Å². The van der Waals surface area contributed by atoms with Gasteiger partial charge in [0.25, 0.3) is 0 Å². The molecule has 3 nitrogen and oxygen atoms in total. The van der Waals surface area contributed by atoms with Crippen molar-refractivity contribution in [1.82, 2.24) is 5.32 Å². The normalized spacial score (nSPS) is 13.4. The van der Waals surface area contributed by atoms with Crippen LogP contribution >= 0.6 is 12.4 Å². The fourth-order valence-electron chi connectivity index (χ4n) is 2.17. The molecule has 4 heteroatoms. The summed E-state index contributed by atoms with van der Waals surface area (Å²) in [5.74, 6) is 0.734. The van der Waals surface area contributed by atoms with Crippen molar-refractivity contribution < 1.29 is 4.79 Å². The third-order valence-electron chi connectivity index (χ3n) is 3.33. The molecule has 1 rings (SSSR count). The van der Waals surface area contributed by atoms with Crippen LogP contribution in [0.3, 0.4) is 0 Å². The van der Waals surface area contributed by atoms with Gasteiger partial charge in [-0.2, -0.15) is 0 Å². The largest absolute Gasteiger partial charge is 0.350 e. The molecule has 0 aromatic heterocycles. The molecule has 0 saturated heterocycles. The first kappa shape index (κ1) is 19.9. The summed E-state index contributed by atoms with van der Waals surface area (Å²) in [6, 6.07) is 8.64. The summed E-state index contributed by atoms with van der Waals surface area (Å²) in [6.45, 7) is 8.37. The molecule has 21 heavy (non-hydrogen) atoms. The molecule has 0 radical (unpaired) electrons. The number of carbonyl (C=O) groups is 1. The van der Waals surface area contributed by atoms with Crippen molar-refractivity contribution in [2.24, 2.45) is 11.7 Å². The second-order valence-electron chi connectivity index (χ2n) is 6.14. The van der Waals surface area contributed by atoms with E-state index in [9.17, 15) is 4.79 Å². The fraction of sp³-hybridized carbons (Fsp3) is 0.588. The number of hydrogen-bond acceptors (Lipinski definition) is 2. The minimum Gasteiger partial charge on any atom is -0.350 e. The monoisotopic (exact) mass is 312 g/mol. The topological polar surface area (TPSA) is 55.1 Å². The zero-order valence-electron chi connectivity index (χ0n) is 13.6. The molecule has 0 aliphatic rings. The summed E-state index contributed by atoms with van der Waals surface area (Å²) < 4.78 is 0. The Morgan fingerprint density at radius 1 is 1.14 bits per heavy atom. The molecular weight excluding hydrogens is 284 g/mol. The number of benzene rings is 1. The van der Waals surface area contributed by atoms with Gasteiger partial charge in [-0.1, -0.05) is 38.1 Å². The highest BCUT2D eigenvalue weighted by Gasteiger charge is 2.10. The van der Waals surface area contributed by atoms with Gasteiger partial charge < -0.3 is 11.1 Å². The molecule has 0 aliphatic heterocycles. The van der Waals surface area contributed by atoms with E-state index in [1.165, 1.54) is 5.56 Å². The molecule has 120 valence electrons. The van der Waals surface area contributed by atoms with E-state index in [2.05, 4.69) is 43.4 Å². The van der Waals surface area contributed by atoms with Crippen LogP contribution in [0.4, 0.5) is 0 Å². The van der Waals surface area contributed by atoms with Gasteiger partial charge in [0.15, 0.2) is 0 Å². The average molecular weight is 313 g/mol. The van der Waals surface area contributed by atoms with Crippen molar-refractivity contribution in [3.8, 4) is 0 Å². The van der Waals surface area contributed by atoms with E-state index in [1.54, 1.807) is 0 Å². The maximum atomic E-state index is 11.8. The van der Waals surface area contributed by atoms with Crippen LogP contribution < -0.4 is 11.1 Å². The Kier molecular flexibility index (Phi) is 9.31. The molecule has 3 N–H and O–H groups in total. The minimum atomic E-state index is 0. The molecule has 1 amide bonds. The summed E-state index contributed by atoms with van der Waals surface area (Å²) in [5.41, 5.74) is 8.15. The van der Waals surface area contributed by atoms with Crippen molar-refractivity contribution in [1.29, 1.82) is 0 Å². The van der Waals surface area contributed by atoms with Gasteiger partial charge in [0, 0.05) is 12.5 Å². The van der Waals surface area contributed by atoms with Crippen LogP contribution in [-0.2, 0) is 11.2 Å². The van der Waals surface area contributed by atoms with Crippen molar-refractivity contribution in [3.63, 3.8) is 0 Å². The first-order chi connectivity index (χ1) is 9.38. The second-order valence-corrected chi connectivity index (χ2v) is 6.14. The van der Waals surface area contributed by atoms with Crippen molar-refractivity contribution >= 4 is 18.3 Å². The van der Waals surface area contributed by atoms with Gasteiger partial charge in [-0.25, -0.2) is 0 Å². The molecule has 1 aromatic rings. The van der Waals surface area contributed by atoms with Gasteiger partial charge in [-0.15, -0.1) is 12.4 Å². The lowest BCUT2D eigenvalue weighted by Gasteiger charge is -2.15. The highest BCUT2D eigenvalue weighted by atomic mass is 35.5. The van der Waals surface area contributed by atoms with E-state index >= 15 is 0 Å². The Labute approximate surface area is 135 Å². The fourth-order valence-corrected chi connectivity index (χ4v) is 2.17. The molecule has 2 atom stereocenters. The molecule has 2 unspecified atom stereocenters. The van der Waals surface area contributed by atoms with Crippen molar-refractivity contribution in [3.05, 3.63) is 35.4 Å². The van der Waals surface area contributed by atoms with Crippen LogP contribution in [0.1, 0.15) is 57.7 Å². The summed E-state index contributed by atoms with van der Waals surface area (Å²) in [6.07, 6.45) is 2.31. The Hall–Kier alpha value is -1.06. The van der Waals surface area contributed by atoms with Gasteiger partial charge in [-0.3, -0.25) is 4.79 Å². The van der Waals surface area contributed by atoms with Gasteiger partial charge >= 0.3 is 0 Å². The maximum absolute atomic E-state index is 11.8. The van der Waals surface area contributed by atoms with E-state index in [4.69, 9.17) is 5.73 Å². The lowest BCUT2D eigenvalue weighted by Crippen LogP contribution is -2.28. The van der Waals surface area contributed by atoms with Gasteiger partial charge in [-0.05, 0) is 43.7 Å². The molecular formula is C17H29ClN2O. The third-order valence-corrected chi connectivity index (χ3v) is 3.33. The van der Waals surface area contributed by atoms with Crippen molar-refractivity contribution in [2.45, 2.75) is 59.0 Å². The quantitative estimate of drug-likeness (QED) is 0.808. The minimum absolute atomic E-state index is 0. The van der Waals surface area contributed by atoms with Crippen LogP contribution in [0.5, 0.6) is 0 Å². The van der Waals surface area contributed by atoms with Gasteiger partial charge in [0.2, 0.25) is 5.91 Å². The molecule has 0 saturated carbocycles. The van der Waals surface area contributed by atoms with E-state index < -0.39 is 0 Å². The van der Waals surface area contributed by atoms with Gasteiger partial charge in [0.05, 0.1) is 6.04 Å². The zero-order valence-corrected chi connectivity index (χ0v) is 14.4.